The molecule has 1 unspecified atom stereocenters. The van der Waals surface area contributed by atoms with Gasteiger partial charge in [-0.1, -0.05) is 35.9 Å². The molecule has 0 radical (unpaired) electrons. The van der Waals surface area contributed by atoms with Crippen LogP contribution in [0.25, 0.3) is 0 Å². The molecule has 0 aliphatic heterocycles. The van der Waals surface area contributed by atoms with Crippen LogP contribution in [0.3, 0.4) is 0 Å². The molecule has 0 saturated carbocycles. The second-order valence-electron chi connectivity index (χ2n) is 5.09. The summed E-state index contributed by atoms with van der Waals surface area (Å²) in [7, 11) is 0. The summed E-state index contributed by atoms with van der Waals surface area (Å²) >= 11 is 5.90. The zero-order valence-electron chi connectivity index (χ0n) is 11.0. The highest BCUT2D eigenvalue weighted by molar-refractivity contribution is 6.29. The maximum atomic E-state index is 5.90. The Morgan fingerprint density at radius 1 is 1.16 bits per heavy atom. The number of hydrogen-bond acceptors (Lipinski definition) is 2. The molecule has 3 heteroatoms. The second-order valence-corrected chi connectivity index (χ2v) is 5.48. The van der Waals surface area contributed by atoms with Crippen LogP contribution in [0.4, 0.5) is 5.82 Å². The number of aryl methyl sites for hydroxylation is 2. The molecule has 1 aromatic carbocycles. The van der Waals surface area contributed by atoms with Gasteiger partial charge in [0.2, 0.25) is 0 Å². The molecule has 1 heterocycles. The topological polar surface area (TPSA) is 24.9 Å². The number of pyridine rings is 1. The average Bonchev–Trinajstić information content (AvgIpc) is 2.85. The molecule has 0 amide bonds. The zero-order chi connectivity index (χ0) is 13.2. The minimum Gasteiger partial charge on any atom is -0.364 e. The molecule has 0 bridgehead atoms. The molecular weight excluding hydrogens is 256 g/mol. The van der Waals surface area contributed by atoms with Gasteiger partial charge in [0, 0.05) is 6.04 Å². The van der Waals surface area contributed by atoms with Gasteiger partial charge in [-0.2, -0.15) is 0 Å². The fourth-order valence-corrected chi connectivity index (χ4v) is 2.82. The van der Waals surface area contributed by atoms with Gasteiger partial charge in [-0.15, -0.1) is 0 Å². The maximum absolute atomic E-state index is 5.90. The predicted molar refractivity (Wildman–Crippen MR) is 79.8 cm³/mol. The Kier molecular flexibility index (Phi) is 3.43. The molecule has 0 spiro atoms. The van der Waals surface area contributed by atoms with Crippen molar-refractivity contribution >= 4 is 17.4 Å². The van der Waals surface area contributed by atoms with E-state index in [0.29, 0.717) is 5.15 Å². The summed E-state index contributed by atoms with van der Waals surface area (Å²) < 4.78 is 0. The molecule has 1 aliphatic rings. The van der Waals surface area contributed by atoms with Gasteiger partial charge in [0.25, 0.3) is 0 Å². The summed E-state index contributed by atoms with van der Waals surface area (Å²) in [5, 5.41) is 3.91. The lowest BCUT2D eigenvalue weighted by Crippen LogP contribution is -2.08. The summed E-state index contributed by atoms with van der Waals surface area (Å²) in [6.07, 6.45) is 3.73. The number of hydrogen-bond donors (Lipinski definition) is 1. The van der Waals surface area contributed by atoms with Crippen molar-refractivity contribution in [1.29, 1.82) is 0 Å². The smallest absolute Gasteiger partial charge is 0.131 e. The molecule has 1 aromatic heterocycles. The molecule has 1 atom stereocenters. The van der Waals surface area contributed by atoms with Crippen LogP contribution in [0.2, 0.25) is 5.15 Å². The van der Waals surface area contributed by atoms with Crippen molar-refractivity contribution < 1.29 is 0 Å². The van der Waals surface area contributed by atoms with Crippen molar-refractivity contribution in [3.05, 3.63) is 58.2 Å². The highest BCUT2D eigenvalue weighted by atomic mass is 35.5. The van der Waals surface area contributed by atoms with E-state index in [-0.39, 0.29) is 6.04 Å². The Hall–Kier alpha value is -1.54. The molecule has 0 saturated heterocycles. The van der Waals surface area contributed by atoms with E-state index in [9.17, 15) is 0 Å². The maximum Gasteiger partial charge on any atom is 0.131 e. The SMILES string of the molecule is CC(Nc1cccc(Cl)n1)c1ccc2c(c1)CCC2. The van der Waals surface area contributed by atoms with Gasteiger partial charge >= 0.3 is 0 Å². The Labute approximate surface area is 118 Å². The Bertz CT molecular complexity index is 595. The van der Waals surface area contributed by atoms with Crippen LogP contribution in [-0.2, 0) is 12.8 Å². The Balaban J connectivity index is 1.78. The fourth-order valence-electron chi connectivity index (χ4n) is 2.65. The number of halogens is 1. The van der Waals surface area contributed by atoms with E-state index >= 15 is 0 Å². The van der Waals surface area contributed by atoms with Gasteiger partial charge in [0.05, 0.1) is 0 Å². The van der Waals surface area contributed by atoms with Crippen LogP contribution in [0.1, 0.15) is 36.1 Å². The van der Waals surface area contributed by atoms with Crippen LogP contribution in [0.5, 0.6) is 0 Å². The molecule has 1 aliphatic carbocycles. The fraction of sp³-hybridized carbons (Fsp3) is 0.312. The van der Waals surface area contributed by atoms with E-state index in [4.69, 9.17) is 11.6 Å². The van der Waals surface area contributed by atoms with Crippen molar-refractivity contribution in [3.63, 3.8) is 0 Å². The van der Waals surface area contributed by atoms with Crippen LogP contribution < -0.4 is 5.32 Å². The first-order valence-electron chi connectivity index (χ1n) is 6.73. The first-order valence-corrected chi connectivity index (χ1v) is 7.11. The first-order chi connectivity index (χ1) is 9.22. The normalized spacial score (nSPS) is 15.1. The third-order valence-corrected chi connectivity index (χ3v) is 3.91. The summed E-state index contributed by atoms with van der Waals surface area (Å²) in [6.45, 7) is 2.15. The van der Waals surface area contributed by atoms with E-state index in [1.807, 2.05) is 12.1 Å². The van der Waals surface area contributed by atoms with Crippen LogP contribution in [0.15, 0.2) is 36.4 Å². The monoisotopic (exact) mass is 272 g/mol. The van der Waals surface area contributed by atoms with Gasteiger partial charge in [-0.25, -0.2) is 4.98 Å². The zero-order valence-corrected chi connectivity index (χ0v) is 11.7. The molecule has 19 heavy (non-hydrogen) atoms. The Morgan fingerprint density at radius 3 is 2.84 bits per heavy atom. The van der Waals surface area contributed by atoms with E-state index in [1.165, 1.54) is 36.0 Å². The van der Waals surface area contributed by atoms with Gasteiger partial charge in [0.15, 0.2) is 0 Å². The van der Waals surface area contributed by atoms with E-state index in [0.717, 1.165) is 5.82 Å². The standard InChI is InChI=1S/C16H17ClN2/c1-11(18-16-7-3-6-15(17)19-16)13-9-8-12-4-2-5-14(12)10-13/h3,6-11H,2,4-5H2,1H3,(H,18,19). The van der Waals surface area contributed by atoms with Crippen molar-refractivity contribution in [1.82, 2.24) is 4.98 Å². The number of nitrogens with one attached hydrogen (secondary N) is 1. The molecule has 98 valence electrons. The highest BCUT2D eigenvalue weighted by Crippen LogP contribution is 2.26. The van der Waals surface area contributed by atoms with Gasteiger partial charge < -0.3 is 5.32 Å². The minimum absolute atomic E-state index is 0.233. The summed E-state index contributed by atoms with van der Waals surface area (Å²) in [5.74, 6) is 0.820. The summed E-state index contributed by atoms with van der Waals surface area (Å²) in [4.78, 5) is 4.27. The molecular formula is C16H17ClN2. The third-order valence-electron chi connectivity index (χ3n) is 3.70. The predicted octanol–water partition coefficient (Wildman–Crippen LogP) is 4.40. The van der Waals surface area contributed by atoms with E-state index in [1.54, 1.807) is 6.07 Å². The van der Waals surface area contributed by atoms with Crippen molar-refractivity contribution in [3.8, 4) is 0 Å². The Morgan fingerprint density at radius 2 is 2.00 bits per heavy atom. The van der Waals surface area contributed by atoms with Crippen molar-refractivity contribution in [2.45, 2.75) is 32.2 Å². The van der Waals surface area contributed by atoms with Crippen LogP contribution >= 0.6 is 11.6 Å². The molecule has 3 rings (SSSR count). The van der Waals surface area contributed by atoms with E-state index in [2.05, 4.69) is 35.4 Å². The quantitative estimate of drug-likeness (QED) is 0.838. The molecule has 2 aromatic rings. The number of benzene rings is 1. The highest BCUT2D eigenvalue weighted by Gasteiger charge is 2.13. The average molecular weight is 273 g/mol. The number of aromatic nitrogens is 1. The summed E-state index contributed by atoms with van der Waals surface area (Å²) in [5.41, 5.74) is 4.32. The number of nitrogens with zero attached hydrogens (tertiary/aromatic N) is 1. The number of rotatable bonds is 3. The molecule has 0 fully saturated rings. The lowest BCUT2D eigenvalue weighted by atomic mass is 10.0. The molecule has 1 N–H and O–H groups in total. The van der Waals surface area contributed by atoms with Gasteiger partial charge in [-0.05, 0) is 55.0 Å². The lowest BCUT2D eigenvalue weighted by Gasteiger charge is -2.16. The van der Waals surface area contributed by atoms with Crippen LogP contribution in [0, 0.1) is 0 Å². The van der Waals surface area contributed by atoms with Crippen LogP contribution in [-0.4, -0.2) is 4.98 Å². The number of anilines is 1. The summed E-state index contributed by atoms with van der Waals surface area (Å²) in [6, 6.07) is 12.7. The van der Waals surface area contributed by atoms with Crippen molar-refractivity contribution in [2.24, 2.45) is 0 Å². The first kappa shape index (κ1) is 12.5. The number of fused-ring (bicyclic) bond motifs is 1. The largest absolute Gasteiger partial charge is 0.364 e. The minimum atomic E-state index is 0.233. The van der Waals surface area contributed by atoms with E-state index < -0.39 is 0 Å². The van der Waals surface area contributed by atoms with Gasteiger partial charge in [-0.3, -0.25) is 0 Å². The second kappa shape index (κ2) is 5.22. The third kappa shape index (κ3) is 2.74. The molecule has 2 nitrogen and oxygen atoms in total. The van der Waals surface area contributed by atoms with Crippen molar-refractivity contribution in [2.75, 3.05) is 5.32 Å². The lowest BCUT2D eigenvalue weighted by molar-refractivity contribution is 0.870. The van der Waals surface area contributed by atoms with Gasteiger partial charge in [0.1, 0.15) is 11.0 Å².